The van der Waals surface area contributed by atoms with Crippen molar-refractivity contribution in [3.63, 3.8) is 0 Å². The molecule has 2 aliphatic heterocycles. The predicted molar refractivity (Wildman–Crippen MR) is 212 cm³/mol. The summed E-state index contributed by atoms with van der Waals surface area (Å²) in [4.78, 5) is 17.8. The molecule has 298 valence electrons. The van der Waals surface area contributed by atoms with E-state index in [0.717, 1.165) is 27.7 Å². The molecule has 1 amide bonds. The van der Waals surface area contributed by atoms with Gasteiger partial charge in [-0.25, -0.2) is 0 Å². The van der Waals surface area contributed by atoms with Crippen molar-refractivity contribution in [1.82, 2.24) is 15.5 Å². The van der Waals surface area contributed by atoms with Gasteiger partial charge in [-0.15, -0.1) is 0 Å². The molecule has 0 aliphatic carbocycles. The zero-order chi connectivity index (χ0) is 39.2. The monoisotopic (exact) mass is 882 g/mol. The third-order valence-electron chi connectivity index (χ3n) is 10.3. The van der Waals surface area contributed by atoms with Crippen LogP contribution >= 0.6 is 17.9 Å². The third kappa shape index (κ3) is 10.0. The maximum absolute atomic E-state index is 14.1. The number of halogens is 6. The fraction of sp³-hybridized carbons (Fsp3) is 0.390. The Morgan fingerprint density at radius 1 is 0.909 bits per heavy atom. The van der Waals surface area contributed by atoms with Crippen LogP contribution in [0.1, 0.15) is 39.5 Å². The number of hydrogen-bond acceptors (Lipinski definition) is 7. The topological polar surface area (TPSA) is 89.6 Å². The maximum Gasteiger partial charge on any atom is -0.0545 e. The average molecular weight is 883 g/mol. The predicted octanol–water partition coefficient (Wildman–Crippen LogP) is 7.07. The second-order valence-electron chi connectivity index (χ2n) is 14.0. The summed E-state index contributed by atoms with van der Waals surface area (Å²) in [5.74, 6) is -1.94. The molecule has 3 N–H and O–H groups in total. The Balaban J connectivity index is 1.08. The number of carbonyl (C=O) groups is 1. The van der Waals surface area contributed by atoms with Crippen molar-refractivity contribution in [2.24, 2.45) is 0 Å². The van der Waals surface area contributed by atoms with E-state index < -0.39 is 59.3 Å². The summed E-state index contributed by atoms with van der Waals surface area (Å²) < 4.78 is 82.5. The van der Waals surface area contributed by atoms with Gasteiger partial charge in [0.15, 0.2) is 0 Å². The van der Waals surface area contributed by atoms with Crippen LogP contribution in [0, 0.1) is 15.2 Å². The van der Waals surface area contributed by atoms with Gasteiger partial charge in [0.1, 0.15) is 0 Å². The molecule has 2 saturated heterocycles. The van der Waals surface area contributed by atoms with Crippen molar-refractivity contribution in [3.05, 3.63) is 134 Å². The number of rotatable bonds is 16. The third-order valence-corrected chi connectivity index (χ3v) is 21.2. The van der Waals surface area contributed by atoms with E-state index in [-0.39, 0.29) is 13.0 Å². The van der Waals surface area contributed by atoms with Gasteiger partial charge < -0.3 is 0 Å². The Morgan fingerprint density at radius 2 is 1.58 bits per heavy atom. The van der Waals surface area contributed by atoms with Crippen LogP contribution in [-0.4, -0.2) is 83.5 Å². The fourth-order valence-electron chi connectivity index (χ4n) is 6.93. The molecule has 2 atom stereocenters. The van der Waals surface area contributed by atoms with Gasteiger partial charge in [0.25, 0.3) is 0 Å². The minimum atomic E-state index is -4.39. The van der Waals surface area contributed by atoms with E-state index in [1.54, 1.807) is 25.3 Å². The molecule has 0 saturated carbocycles. The van der Waals surface area contributed by atoms with E-state index in [0.29, 0.717) is 65.1 Å². The van der Waals surface area contributed by atoms with Gasteiger partial charge in [0.05, 0.1) is 0 Å². The summed E-state index contributed by atoms with van der Waals surface area (Å²) in [5.41, 5.74) is 2.77. The van der Waals surface area contributed by atoms with Crippen LogP contribution in [-0.2, 0) is 31.7 Å². The summed E-state index contributed by atoms with van der Waals surface area (Å²) in [6.45, 7) is 5.92. The molecule has 55 heavy (non-hydrogen) atoms. The SMILES string of the molecule is CCc1cccc(CNC[C@@H](O)[C@H](Cc2cc(F)cc(F)c2)NC(=O)c2ccc(I3(CCN4CCN(c5cccc(C(F)(F)F)c5)CC4)(OC)CO3)cc2)c1. The molecule has 2 fully saturated rings. The van der Waals surface area contributed by atoms with Crippen molar-refractivity contribution < 1.29 is 38.0 Å². The van der Waals surface area contributed by atoms with Gasteiger partial charge in [-0.2, -0.15) is 0 Å². The zero-order valence-electron chi connectivity index (χ0n) is 30.9. The largest absolute Gasteiger partial charge is 0.0545 e. The Bertz CT molecular complexity index is 1920. The second-order valence-corrected chi connectivity index (χ2v) is 24.8. The van der Waals surface area contributed by atoms with Gasteiger partial charge in [-0.1, -0.05) is 31.2 Å². The number of amides is 1. The first-order valence-electron chi connectivity index (χ1n) is 18.3. The normalized spacial score (nSPS) is 18.5. The van der Waals surface area contributed by atoms with Gasteiger partial charge in [0, 0.05) is 0 Å². The van der Waals surface area contributed by atoms with Gasteiger partial charge >= 0.3 is 279 Å². The van der Waals surface area contributed by atoms with E-state index in [9.17, 15) is 31.9 Å². The number of anilines is 1. The number of alkyl halides is 5. The van der Waals surface area contributed by atoms with E-state index >= 15 is 0 Å². The molecule has 4 aromatic carbocycles. The zero-order valence-corrected chi connectivity index (χ0v) is 33.1. The quantitative estimate of drug-likeness (QED) is 0.0481. The standard InChI is InChI=1S/C41H48F5IN4O4/c1-3-29-6-4-7-30(20-29)26-48-27-39(52)38(23-31-21-34(42)25-35(43)22-31)49-40(53)32-10-12-36(13-11-32)47(54-2,28-55-47)14-15-50-16-18-51(19-17-50)37-9-5-8-33(24-37)41(44,45)46/h4-13,20-22,24-25,38-39,48,52H,3,14-19,23,26-28H2,1-2H3,(H,49,53)/t38-,39+/m0/s1. The number of nitrogens with zero attached hydrogens (tertiary/aromatic N) is 2. The van der Waals surface area contributed by atoms with Crippen LogP contribution in [0.3, 0.4) is 0 Å². The van der Waals surface area contributed by atoms with Crippen molar-refractivity contribution in [1.29, 1.82) is 0 Å². The summed E-state index contributed by atoms with van der Waals surface area (Å²) in [6, 6.07) is 22.9. The average Bonchev–Trinajstić information content (AvgIpc) is 3.93. The number of benzene rings is 4. The van der Waals surface area contributed by atoms with E-state index in [1.807, 2.05) is 35.2 Å². The van der Waals surface area contributed by atoms with E-state index in [1.165, 1.54) is 29.8 Å². The van der Waals surface area contributed by atoms with Crippen LogP contribution in [0.25, 0.3) is 0 Å². The van der Waals surface area contributed by atoms with Crippen LogP contribution in [0.2, 0.25) is 0 Å². The molecule has 2 aliphatic rings. The number of aryl methyl sites for hydroxylation is 1. The van der Waals surface area contributed by atoms with Crippen LogP contribution in [0.4, 0.5) is 27.6 Å². The van der Waals surface area contributed by atoms with Crippen molar-refractivity contribution in [2.45, 2.75) is 44.6 Å². The number of carbonyl (C=O) groups excluding carboxylic acids is 1. The Labute approximate surface area is 320 Å². The molecule has 0 aromatic heterocycles. The summed E-state index contributed by atoms with van der Waals surface area (Å²) in [6.07, 6.45) is -4.58. The molecular formula is C41H48F5IN4O4. The molecule has 6 rings (SSSR count). The molecule has 14 heteroatoms. The minimum absolute atomic E-state index is 0.00220. The number of aliphatic hydroxyl groups excluding tert-OH is 1. The fourth-order valence-corrected chi connectivity index (χ4v) is 16.9. The molecule has 0 bridgehead atoms. The molecule has 8 nitrogen and oxygen atoms in total. The second kappa shape index (κ2) is 17.2. The van der Waals surface area contributed by atoms with Gasteiger partial charge in [0.2, 0.25) is 0 Å². The number of hydrogen-bond donors (Lipinski definition) is 3. The Morgan fingerprint density at radius 3 is 2.22 bits per heavy atom. The van der Waals surface area contributed by atoms with Crippen molar-refractivity contribution in [3.8, 4) is 0 Å². The van der Waals surface area contributed by atoms with E-state index in [2.05, 4.69) is 28.5 Å². The summed E-state index contributed by atoms with van der Waals surface area (Å²) in [7, 11) is 1.66. The van der Waals surface area contributed by atoms with Crippen LogP contribution in [0.5, 0.6) is 0 Å². The summed E-state index contributed by atoms with van der Waals surface area (Å²) in [5, 5.41) is 17.4. The maximum atomic E-state index is 14.1. The van der Waals surface area contributed by atoms with Gasteiger partial charge in [-0.05, 0) is 12.0 Å². The molecule has 0 spiro atoms. The first kappa shape index (κ1) is 41.0. The van der Waals surface area contributed by atoms with Crippen molar-refractivity contribution >= 4 is 29.5 Å². The molecule has 0 radical (unpaired) electrons. The Kier molecular flexibility index (Phi) is 12.8. The molecular weight excluding hydrogens is 834 g/mol. The van der Waals surface area contributed by atoms with E-state index in [4.69, 9.17) is 6.13 Å². The van der Waals surface area contributed by atoms with Crippen LogP contribution in [0.15, 0.2) is 91.0 Å². The minimum Gasteiger partial charge on any atom is -0.0545 e. The number of piperazine rings is 1. The smallest absolute Gasteiger partial charge is 0.0545 e. The first-order valence-corrected chi connectivity index (χ1v) is 24.2. The molecule has 2 heterocycles. The molecule has 0 unspecified atom stereocenters. The number of aliphatic hydroxyl groups is 1. The Hall–Kier alpha value is -3.67. The van der Waals surface area contributed by atoms with Crippen molar-refractivity contribution in [2.75, 3.05) is 60.3 Å². The summed E-state index contributed by atoms with van der Waals surface area (Å²) >= 11 is -3.94. The first-order chi connectivity index (χ1) is 26.3. The molecule has 4 aromatic rings. The van der Waals surface area contributed by atoms with Crippen LogP contribution < -0.4 is 15.5 Å². The number of nitrogens with one attached hydrogen (secondary N) is 2. The van der Waals surface area contributed by atoms with Gasteiger partial charge in [-0.3, -0.25) is 0 Å².